The van der Waals surface area contributed by atoms with Crippen LogP contribution >= 0.6 is 23.4 Å². The molecule has 0 saturated heterocycles. The first-order chi connectivity index (χ1) is 8.25. The molecule has 0 amide bonds. The molecule has 5 nitrogen and oxygen atoms in total. The lowest BCUT2D eigenvalue weighted by atomic mass is 10.1. The van der Waals surface area contributed by atoms with Gasteiger partial charge in [-0.15, -0.1) is 22.0 Å². The van der Waals surface area contributed by atoms with Crippen molar-refractivity contribution in [1.82, 2.24) is 20.6 Å². The van der Waals surface area contributed by atoms with E-state index in [1.807, 2.05) is 12.1 Å². The van der Waals surface area contributed by atoms with Crippen molar-refractivity contribution in [3.8, 4) is 11.4 Å². The van der Waals surface area contributed by atoms with Crippen LogP contribution in [0.3, 0.4) is 0 Å². The second-order valence-electron chi connectivity index (χ2n) is 3.81. The number of rotatable bonds is 1. The van der Waals surface area contributed by atoms with E-state index in [-0.39, 0.29) is 0 Å². The van der Waals surface area contributed by atoms with E-state index in [0.29, 0.717) is 10.8 Å². The standard InChI is InChI=1S/C10H10ClN5S/c1-16-2-3-17-9-7(10-12-14-15-13-10)4-6(11)5-8(9)16/h4-5H,2-3H2,1H3,(H,12,13,14,15). The number of H-pyrrole nitrogens is 1. The number of tetrazole rings is 1. The molecule has 1 aromatic heterocycles. The van der Waals surface area contributed by atoms with Gasteiger partial charge in [0.05, 0.1) is 5.69 Å². The van der Waals surface area contributed by atoms with Gasteiger partial charge >= 0.3 is 0 Å². The van der Waals surface area contributed by atoms with Crippen LogP contribution in [0.2, 0.25) is 5.02 Å². The van der Waals surface area contributed by atoms with Gasteiger partial charge in [-0.2, -0.15) is 5.21 Å². The van der Waals surface area contributed by atoms with E-state index < -0.39 is 0 Å². The zero-order valence-corrected chi connectivity index (χ0v) is 10.7. The first-order valence-corrected chi connectivity index (χ1v) is 6.53. The van der Waals surface area contributed by atoms with Crippen LogP contribution in [-0.2, 0) is 0 Å². The number of fused-ring (bicyclic) bond motifs is 1. The summed E-state index contributed by atoms with van der Waals surface area (Å²) < 4.78 is 0. The summed E-state index contributed by atoms with van der Waals surface area (Å²) in [7, 11) is 2.06. The minimum atomic E-state index is 0.589. The van der Waals surface area contributed by atoms with Gasteiger partial charge < -0.3 is 4.90 Å². The Morgan fingerprint density at radius 1 is 1.47 bits per heavy atom. The molecule has 0 fully saturated rings. The van der Waals surface area contributed by atoms with Crippen molar-refractivity contribution in [3.63, 3.8) is 0 Å². The Labute approximate surface area is 108 Å². The summed E-state index contributed by atoms with van der Waals surface area (Å²) in [6, 6.07) is 3.87. The lowest BCUT2D eigenvalue weighted by Gasteiger charge is -2.28. The maximum Gasteiger partial charge on any atom is 0.205 e. The number of benzene rings is 1. The molecule has 7 heteroatoms. The molecule has 0 spiro atoms. The monoisotopic (exact) mass is 267 g/mol. The number of hydrogen-bond acceptors (Lipinski definition) is 5. The number of nitrogens with one attached hydrogen (secondary N) is 1. The molecule has 17 heavy (non-hydrogen) atoms. The van der Waals surface area contributed by atoms with E-state index in [4.69, 9.17) is 11.6 Å². The second kappa shape index (κ2) is 4.19. The quantitative estimate of drug-likeness (QED) is 0.857. The number of anilines is 1. The number of nitrogens with zero attached hydrogens (tertiary/aromatic N) is 4. The van der Waals surface area contributed by atoms with Crippen LogP contribution in [0.25, 0.3) is 11.4 Å². The minimum Gasteiger partial charge on any atom is -0.373 e. The SMILES string of the molecule is CN1CCSc2c(-c3nn[nH]n3)cc(Cl)cc21. The van der Waals surface area contributed by atoms with Crippen LogP contribution < -0.4 is 4.90 Å². The number of halogens is 1. The van der Waals surface area contributed by atoms with Crippen molar-refractivity contribution >= 4 is 29.1 Å². The van der Waals surface area contributed by atoms with Crippen LogP contribution in [0.4, 0.5) is 5.69 Å². The van der Waals surface area contributed by atoms with E-state index in [0.717, 1.165) is 23.5 Å². The smallest absolute Gasteiger partial charge is 0.205 e. The van der Waals surface area contributed by atoms with Crippen molar-refractivity contribution in [2.24, 2.45) is 0 Å². The van der Waals surface area contributed by atoms with Gasteiger partial charge in [-0.25, -0.2) is 0 Å². The molecule has 3 rings (SSSR count). The minimum absolute atomic E-state index is 0.589. The largest absolute Gasteiger partial charge is 0.373 e. The van der Waals surface area contributed by atoms with E-state index >= 15 is 0 Å². The highest BCUT2D eigenvalue weighted by atomic mass is 35.5. The summed E-state index contributed by atoms with van der Waals surface area (Å²) in [6.45, 7) is 1.02. The fourth-order valence-corrected chi connectivity index (χ4v) is 3.31. The highest BCUT2D eigenvalue weighted by Crippen LogP contribution is 2.42. The second-order valence-corrected chi connectivity index (χ2v) is 5.35. The zero-order chi connectivity index (χ0) is 11.8. The Morgan fingerprint density at radius 3 is 3.12 bits per heavy atom. The molecule has 2 heterocycles. The molecule has 1 aromatic carbocycles. The Bertz CT molecular complexity index is 542. The Hall–Kier alpha value is -1.27. The summed E-state index contributed by atoms with van der Waals surface area (Å²) in [5.74, 6) is 1.64. The summed E-state index contributed by atoms with van der Waals surface area (Å²) in [5, 5.41) is 14.8. The Balaban J connectivity index is 2.21. The highest BCUT2D eigenvalue weighted by Gasteiger charge is 2.21. The third-order valence-electron chi connectivity index (χ3n) is 2.70. The predicted molar refractivity (Wildman–Crippen MR) is 68.6 cm³/mol. The van der Waals surface area contributed by atoms with Crippen molar-refractivity contribution in [1.29, 1.82) is 0 Å². The third kappa shape index (κ3) is 1.87. The van der Waals surface area contributed by atoms with Gasteiger partial charge in [0, 0.05) is 34.8 Å². The molecule has 0 atom stereocenters. The van der Waals surface area contributed by atoms with Crippen LogP contribution in [0.1, 0.15) is 0 Å². The van der Waals surface area contributed by atoms with Gasteiger partial charge in [0.25, 0.3) is 0 Å². The van der Waals surface area contributed by atoms with Gasteiger partial charge in [-0.05, 0) is 17.3 Å². The Kier molecular flexibility index (Phi) is 2.68. The highest BCUT2D eigenvalue weighted by molar-refractivity contribution is 7.99. The lowest BCUT2D eigenvalue weighted by molar-refractivity contribution is 0.881. The van der Waals surface area contributed by atoms with Crippen molar-refractivity contribution < 1.29 is 0 Å². The van der Waals surface area contributed by atoms with Crippen molar-refractivity contribution in [2.75, 3.05) is 24.2 Å². The molecule has 1 N–H and O–H groups in total. The van der Waals surface area contributed by atoms with Gasteiger partial charge in [-0.3, -0.25) is 0 Å². The molecular weight excluding hydrogens is 258 g/mol. The maximum absolute atomic E-state index is 6.14. The van der Waals surface area contributed by atoms with Gasteiger partial charge in [0.15, 0.2) is 0 Å². The van der Waals surface area contributed by atoms with Crippen LogP contribution in [0, 0.1) is 0 Å². The summed E-state index contributed by atoms with van der Waals surface area (Å²) >= 11 is 7.95. The van der Waals surface area contributed by atoms with Crippen LogP contribution in [0.5, 0.6) is 0 Å². The molecular formula is C10H10ClN5S. The molecule has 1 aliphatic rings. The lowest BCUT2D eigenvalue weighted by Crippen LogP contribution is -2.24. The molecule has 0 saturated carbocycles. The molecule has 0 unspecified atom stereocenters. The molecule has 2 aromatic rings. The fraction of sp³-hybridized carbons (Fsp3) is 0.300. The van der Waals surface area contributed by atoms with E-state index in [9.17, 15) is 0 Å². The van der Waals surface area contributed by atoms with Crippen LogP contribution in [-0.4, -0.2) is 40.0 Å². The van der Waals surface area contributed by atoms with Crippen molar-refractivity contribution in [3.05, 3.63) is 17.2 Å². The molecule has 88 valence electrons. The first kappa shape index (κ1) is 10.9. The average molecular weight is 268 g/mol. The fourth-order valence-electron chi connectivity index (χ4n) is 1.86. The molecule has 0 radical (unpaired) electrons. The van der Waals surface area contributed by atoms with Gasteiger partial charge in [-0.1, -0.05) is 11.6 Å². The predicted octanol–water partition coefficient (Wildman–Crippen LogP) is 2.06. The number of hydrogen-bond donors (Lipinski definition) is 1. The Morgan fingerprint density at radius 2 is 2.35 bits per heavy atom. The number of aromatic amines is 1. The number of aromatic nitrogens is 4. The molecule has 0 aliphatic carbocycles. The normalized spacial score (nSPS) is 14.8. The zero-order valence-electron chi connectivity index (χ0n) is 9.14. The van der Waals surface area contributed by atoms with Crippen molar-refractivity contribution in [2.45, 2.75) is 4.90 Å². The number of thioether (sulfide) groups is 1. The third-order valence-corrected chi connectivity index (χ3v) is 4.03. The topological polar surface area (TPSA) is 57.7 Å². The average Bonchev–Trinajstić information content (AvgIpc) is 2.83. The van der Waals surface area contributed by atoms with E-state index in [1.165, 1.54) is 4.90 Å². The van der Waals surface area contributed by atoms with E-state index in [1.54, 1.807) is 11.8 Å². The summed E-state index contributed by atoms with van der Waals surface area (Å²) in [5.41, 5.74) is 2.08. The van der Waals surface area contributed by atoms with Gasteiger partial charge in [0.1, 0.15) is 0 Å². The maximum atomic E-state index is 6.14. The first-order valence-electron chi connectivity index (χ1n) is 5.17. The van der Waals surface area contributed by atoms with Gasteiger partial charge in [0.2, 0.25) is 5.82 Å². The molecule has 0 bridgehead atoms. The molecule has 1 aliphatic heterocycles. The summed E-state index contributed by atoms with van der Waals surface area (Å²) in [6.07, 6.45) is 0. The van der Waals surface area contributed by atoms with Crippen LogP contribution in [0.15, 0.2) is 17.0 Å². The van der Waals surface area contributed by atoms with E-state index in [2.05, 4.69) is 32.6 Å². The summed E-state index contributed by atoms with van der Waals surface area (Å²) in [4.78, 5) is 3.37.